The van der Waals surface area contributed by atoms with Crippen LogP contribution < -0.4 is 5.32 Å². The van der Waals surface area contributed by atoms with Gasteiger partial charge in [0.25, 0.3) is 0 Å². The van der Waals surface area contributed by atoms with Gasteiger partial charge in [0.1, 0.15) is 17.9 Å². The Hall–Kier alpha value is -1.95. The van der Waals surface area contributed by atoms with E-state index < -0.39 is 0 Å². The lowest BCUT2D eigenvalue weighted by Gasteiger charge is -2.23. The number of carbonyl (C=O) groups excluding carboxylic acids is 1. The van der Waals surface area contributed by atoms with Crippen LogP contribution >= 0.6 is 0 Å². The molecular formula is C17H26N4O2. The summed E-state index contributed by atoms with van der Waals surface area (Å²) < 4.78 is 7.04. The van der Waals surface area contributed by atoms with Crippen LogP contribution in [0.4, 0.5) is 0 Å². The van der Waals surface area contributed by atoms with E-state index in [1.807, 2.05) is 12.1 Å². The highest BCUT2D eigenvalue weighted by Crippen LogP contribution is 2.27. The molecule has 23 heavy (non-hydrogen) atoms. The van der Waals surface area contributed by atoms with Gasteiger partial charge in [-0.25, -0.2) is 9.97 Å². The number of fused-ring (bicyclic) bond motifs is 1. The van der Waals surface area contributed by atoms with Crippen LogP contribution in [0.3, 0.4) is 0 Å². The number of amides is 1. The van der Waals surface area contributed by atoms with E-state index in [9.17, 15) is 4.79 Å². The van der Waals surface area contributed by atoms with Crippen LogP contribution in [0.15, 0.2) is 18.3 Å². The topological polar surface area (TPSA) is 69.0 Å². The molecule has 0 fully saturated rings. The highest BCUT2D eigenvalue weighted by atomic mass is 16.5. The van der Waals surface area contributed by atoms with Gasteiger partial charge in [-0.3, -0.25) is 4.79 Å². The number of nitrogens with zero attached hydrogens (tertiary/aromatic N) is 3. The Morgan fingerprint density at radius 2 is 2.09 bits per heavy atom. The Bertz CT molecular complexity index is 664. The van der Waals surface area contributed by atoms with Crippen molar-refractivity contribution in [3.8, 4) is 0 Å². The summed E-state index contributed by atoms with van der Waals surface area (Å²) in [7, 11) is 1.52. The largest absolute Gasteiger partial charge is 0.375 e. The number of nitrogens with one attached hydrogen (secondary N) is 1. The van der Waals surface area contributed by atoms with E-state index in [1.165, 1.54) is 7.11 Å². The molecule has 0 bridgehead atoms. The second kappa shape index (κ2) is 7.55. The van der Waals surface area contributed by atoms with Crippen LogP contribution in [0.2, 0.25) is 0 Å². The molecule has 1 amide bonds. The third kappa shape index (κ3) is 4.07. The van der Waals surface area contributed by atoms with E-state index in [4.69, 9.17) is 9.72 Å². The van der Waals surface area contributed by atoms with E-state index >= 15 is 0 Å². The van der Waals surface area contributed by atoms with Crippen molar-refractivity contribution < 1.29 is 9.53 Å². The smallest absolute Gasteiger partial charge is 0.246 e. The summed E-state index contributed by atoms with van der Waals surface area (Å²) in [5.74, 6) is 1.15. The molecule has 0 spiro atoms. The molecule has 0 aliphatic rings. The average Bonchev–Trinajstić information content (AvgIpc) is 2.85. The minimum Gasteiger partial charge on any atom is -0.375 e. The standard InChI is InChI=1S/C17H26N4O2/c1-11(2)9-14(19-15(22)10-23-5)17-20-13-7-6-8-18-16(13)21(17)12(3)4/h6-8,11-12,14H,9-10H2,1-5H3,(H,19,22). The van der Waals surface area contributed by atoms with Crippen molar-refractivity contribution in [3.63, 3.8) is 0 Å². The molecule has 126 valence electrons. The summed E-state index contributed by atoms with van der Waals surface area (Å²) in [5.41, 5.74) is 1.71. The first-order valence-electron chi connectivity index (χ1n) is 8.05. The maximum atomic E-state index is 12.0. The van der Waals surface area contributed by atoms with Crippen molar-refractivity contribution in [3.05, 3.63) is 24.2 Å². The molecule has 1 atom stereocenters. The number of imidazole rings is 1. The fraction of sp³-hybridized carbons (Fsp3) is 0.588. The molecule has 0 radical (unpaired) electrons. The van der Waals surface area contributed by atoms with Crippen LogP contribution in [0, 0.1) is 5.92 Å². The van der Waals surface area contributed by atoms with Gasteiger partial charge < -0.3 is 14.6 Å². The molecule has 2 heterocycles. The normalized spacial score (nSPS) is 13.0. The molecule has 2 aromatic heterocycles. The number of hydrogen-bond acceptors (Lipinski definition) is 4. The van der Waals surface area contributed by atoms with Gasteiger partial charge in [-0.15, -0.1) is 0 Å². The fourth-order valence-corrected chi connectivity index (χ4v) is 2.77. The number of methoxy groups -OCH3 is 1. The number of ether oxygens (including phenoxy) is 1. The van der Waals surface area contributed by atoms with E-state index in [0.29, 0.717) is 5.92 Å². The minimum absolute atomic E-state index is 0.0503. The Morgan fingerprint density at radius 1 is 1.35 bits per heavy atom. The van der Waals surface area contributed by atoms with Crippen molar-refractivity contribution in [2.45, 2.75) is 46.2 Å². The fourth-order valence-electron chi connectivity index (χ4n) is 2.77. The molecule has 0 aliphatic heterocycles. The molecule has 0 saturated heterocycles. The van der Waals surface area contributed by atoms with Gasteiger partial charge in [0.2, 0.25) is 5.91 Å². The first kappa shape index (κ1) is 17.4. The van der Waals surface area contributed by atoms with E-state index in [-0.39, 0.29) is 24.6 Å². The third-order valence-corrected chi connectivity index (χ3v) is 3.62. The molecule has 0 aliphatic carbocycles. The quantitative estimate of drug-likeness (QED) is 0.852. The van der Waals surface area contributed by atoms with Crippen LogP contribution in [0.25, 0.3) is 11.2 Å². The Labute approximate surface area is 137 Å². The highest BCUT2D eigenvalue weighted by molar-refractivity contribution is 5.78. The number of carbonyl (C=O) groups is 1. The summed E-state index contributed by atoms with van der Waals surface area (Å²) in [5, 5.41) is 3.05. The van der Waals surface area contributed by atoms with Gasteiger partial charge in [0.05, 0.1) is 6.04 Å². The SMILES string of the molecule is COCC(=O)NC(CC(C)C)c1nc2cccnc2n1C(C)C. The summed E-state index contributed by atoms with van der Waals surface area (Å²) in [4.78, 5) is 21.2. The van der Waals surface area contributed by atoms with E-state index in [2.05, 4.69) is 42.6 Å². The second-order valence-electron chi connectivity index (χ2n) is 6.46. The predicted molar refractivity (Wildman–Crippen MR) is 90.1 cm³/mol. The lowest BCUT2D eigenvalue weighted by atomic mass is 10.0. The molecule has 0 aromatic carbocycles. The summed E-state index contributed by atoms with van der Waals surface area (Å²) in [6.45, 7) is 8.52. The maximum Gasteiger partial charge on any atom is 0.246 e. The first-order chi connectivity index (χ1) is 10.9. The van der Waals surface area contributed by atoms with Crippen LogP contribution in [0.5, 0.6) is 0 Å². The zero-order chi connectivity index (χ0) is 17.0. The lowest BCUT2D eigenvalue weighted by molar-refractivity contribution is -0.125. The minimum atomic E-state index is -0.158. The maximum absolute atomic E-state index is 12.0. The van der Waals surface area contributed by atoms with Crippen molar-refractivity contribution >= 4 is 17.1 Å². The van der Waals surface area contributed by atoms with Gasteiger partial charge in [0.15, 0.2) is 5.65 Å². The Morgan fingerprint density at radius 3 is 2.70 bits per heavy atom. The van der Waals surface area contributed by atoms with Gasteiger partial charge >= 0.3 is 0 Å². The summed E-state index contributed by atoms with van der Waals surface area (Å²) in [6, 6.07) is 3.88. The molecule has 0 saturated carbocycles. The number of rotatable bonds is 7. The number of aromatic nitrogens is 3. The summed E-state index contributed by atoms with van der Waals surface area (Å²) in [6.07, 6.45) is 2.58. The van der Waals surface area contributed by atoms with Crippen LogP contribution in [-0.4, -0.2) is 34.2 Å². The molecule has 6 heteroatoms. The zero-order valence-electron chi connectivity index (χ0n) is 14.5. The van der Waals surface area contributed by atoms with Crippen LogP contribution in [0.1, 0.15) is 52.0 Å². The monoisotopic (exact) mass is 318 g/mol. The van der Waals surface area contributed by atoms with E-state index in [1.54, 1.807) is 6.20 Å². The Balaban J connectivity index is 2.46. The van der Waals surface area contributed by atoms with Gasteiger partial charge in [-0.2, -0.15) is 0 Å². The first-order valence-corrected chi connectivity index (χ1v) is 8.05. The molecule has 6 nitrogen and oxygen atoms in total. The summed E-state index contributed by atoms with van der Waals surface area (Å²) >= 11 is 0. The molecule has 1 unspecified atom stereocenters. The average molecular weight is 318 g/mol. The lowest BCUT2D eigenvalue weighted by Crippen LogP contribution is -2.34. The van der Waals surface area contributed by atoms with Gasteiger partial charge in [0, 0.05) is 19.3 Å². The molecule has 2 aromatic rings. The van der Waals surface area contributed by atoms with Crippen molar-refractivity contribution in [2.24, 2.45) is 5.92 Å². The van der Waals surface area contributed by atoms with Crippen molar-refractivity contribution in [1.29, 1.82) is 0 Å². The van der Waals surface area contributed by atoms with Gasteiger partial charge in [-0.05, 0) is 38.3 Å². The van der Waals surface area contributed by atoms with Crippen LogP contribution in [-0.2, 0) is 9.53 Å². The molecule has 2 rings (SSSR count). The van der Waals surface area contributed by atoms with Crippen molar-refractivity contribution in [2.75, 3.05) is 13.7 Å². The van der Waals surface area contributed by atoms with Gasteiger partial charge in [-0.1, -0.05) is 13.8 Å². The number of pyridine rings is 1. The zero-order valence-corrected chi connectivity index (χ0v) is 14.5. The third-order valence-electron chi connectivity index (χ3n) is 3.62. The van der Waals surface area contributed by atoms with Crippen molar-refractivity contribution in [1.82, 2.24) is 19.9 Å². The second-order valence-corrected chi connectivity index (χ2v) is 6.46. The van der Waals surface area contributed by atoms with E-state index in [0.717, 1.165) is 23.4 Å². The number of hydrogen-bond donors (Lipinski definition) is 1. The Kier molecular flexibility index (Phi) is 5.71. The molecular weight excluding hydrogens is 292 g/mol. The highest BCUT2D eigenvalue weighted by Gasteiger charge is 2.24. The predicted octanol–water partition coefficient (Wildman–Crippen LogP) is 2.86. The molecule has 1 N–H and O–H groups in total.